The van der Waals surface area contributed by atoms with E-state index in [9.17, 15) is 9.59 Å². The number of hydrogen-bond donors (Lipinski definition) is 0. The molecule has 0 saturated carbocycles. The van der Waals surface area contributed by atoms with Crippen LogP contribution in [0.2, 0.25) is 0 Å². The van der Waals surface area contributed by atoms with Gasteiger partial charge in [-0.1, -0.05) is 37.3 Å². The molecule has 7 heteroatoms. The zero-order chi connectivity index (χ0) is 22.0. The van der Waals surface area contributed by atoms with Crippen LogP contribution in [0.15, 0.2) is 61.1 Å². The summed E-state index contributed by atoms with van der Waals surface area (Å²) in [5.74, 6) is -0.332. The minimum atomic E-state index is -0.186. The van der Waals surface area contributed by atoms with Crippen molar-refractivity contribution < 1.29 is 9.59 Å². The molecule has 0 atom stereocenters. The Bertz CT molecular complexity index is 1240. The van der Waals surface area contributed by atoms with Crippen molar-refractivity contribution in [1.29, 1.82) is 0 Å². The van der Waals surface area contributed by atoms with Crippen molar-refractivity contribution in [2.45, 2.75) is 19.8 Å². The number of carbonyl (C=O) groups excluding carboxylic acids is 2. The highest BCUT2D eigenvalue weighted by molar-refractivity contribution is 6.07. The van der Waals surface area contributed by atoms with E-state index in [0.29, 0.717) is 17.8 Å². The molecule has 0 N–H and O–H groups in total. The van der Waals surface area contributed by atoms with E-state index in [2.05, 4.69) is 5.10 Å². The Morgan fingerprint density at radius 1 is 1.13 bits per heavy atom. The Balaban J connectivity index is 1.59. The van der Waals surface area contributed by atoms with Gasteiger partial charge in [-0.15, -0.1) is 0 Å². The van der Waals surface area contributed by atoms with E-state index in [1.54, 1.807) is 19.0 Å². The Kier molecular flexibility index (Phi) is 5.66. The van der Waals surface area contributed by atoms with Gasteiger partial charge in [-0.25, -0.2) is 4.98 Å². The minimum absolute atomic E-state index is 0.146. The van der Waals surface area contributed by atoms with Crippen LogP contribution in [0, 0.1) is 0 Å². The molecular weight excluding hydrogens is 390 g/mol. The molecule has 3 heterocycles. The molecule has 0 unspecified atom stereocenters. The zero-order valence-corrected chi connectivity index (χ0v) is 17.9. The summed E-state index contributed by atoms with van der Waals surface area (Å²) >= 11 is 0. The first-order chi connectivity index (χ1) is 15.0. The van der Waals surface area contributed by atoms with E-state index in [0.717, 1.165) is 28.9 Å². The highest BCUT2D eigenvalue weighted by Crippen LogP contribution is 2.20. The van der Waals surface area contributed by atoms with E-state index < -0.39 is 0 Å². The molecule has 7 nitrogen and oxygen atoms in total. The molecule has 4 aromatic rings. The van der Waals surface area contributed by atoms with E-state index >= 15 is 0 Å². The third kappa shape index (κ3) is 4.12. The topological polar surface area (TPSA) is 72.5 Å². The summed E-state index contributed by atoms with van der Waals surface area (Å²) in [6.07, 6.45) is 6.37. The summed E-state index contributed by atoms with van der Waals surface area (Å²) in [7, 11) is 3.43. The molecule has 0 aliphatic carbocycles. The summed E-state index contributed by atoms with van der Waals surface area (Å²) in [5, 5.41) is 4.16. The second-order valence-electron chi connectivity index (χ2n) is 7.65. The molecule has 3 aromatic heterocycles. The Morgan fingerprint density at radius 3 is 2.65 bits per heavy atom. The molecule has 0 aliphatic rings. The first-order valence-corrected chi connectivity index (χ1v) is 10.3. The maximum atomic E-state index is 13.1. The third-order valence-electron chi connectivity index (χ3n) is 5.30. The monoisotopic (exact) mass is 415 g/mol. The van der Waals surface area contributed by atoms with Crippen LogP contribution in [0.25, 0.3) is 16.9 Å². The van der Waals surface area contributed by atoms with Gasteiger partial charge in [0.05, 0.1) is 17.5 Å². The molecule has 0 bridgehead atoms. The van der Waals surface area contributed by atoms with Crippen LogP contribution in [0.3, 0.4) is 0 Å². The molecule has 0 saturated heterocycles. The van der Waals surface area contributed by atoms with Crippen molar-refractivity contribution in [2.24, 2.45) is 7.05 Å². The van der Waals surface area contributed by atoms with Gasteiger partial charge in [0, 0.05) is 45.0 Å². The van der Waals surface area contributed by atoms with Gasteiger partial charge in [-0.05, 0) is 24.1 Å². The maximum absolute atomic E-state index is 13.1. The average Bonchev–Trinajstić information content (AvgIpc) is 3.37. The normalized spacial score (nSPS) is 11.1. The average molecular weight is 415 g/mol. The molecule has 0 aliphatic heterocycles. The first-order valence-electron chi connectivity index (χ1n) is 10.3. The number of hydrogen-bond acceptors (Lipinski definition) is 4. The van der Waals surface area contributed by atoms with Crippen LogP contribution >= 0.6 is 0 Å². The van der Waals surface area contributed by atoms with Crippen LogP contribution in [0.5, 0.6) is 0 Å². The van der Waals surface area contributed by atoms with Gasteiger partial charge in [-0.2, -0.15) is 5.10 Å². The van der Waals surface area contributed by atoms with Crippen molar-refractivity contribution in [3.63, 3.8) is 0 Å². The van der Waals surface area contributed by atoms with E-state index in [1.807, 2.05) is 66.2 Å². The molecule has 1 aromatic carbocycles. The van der Waals surface area contributed by atoms with Gasteiger partial charge in [0.25, 0.3) is 5.91 Å². The van der Waals surface area contributed by atoms with Crippen molar-refractivity contribution in [2.75, 3.05) is 13.6 Å². The van der Waals surface area contributed by atoms with E-state index in [4.69, 9.17) is 4.98 Å². The van der Waals surface area contributed by atoms with Gasteiger partial charge in [0.15, 0.2) is 5.78 Å². The quantitative estimate of drug-likeness (QED) is 0.432. The number of aromatic nitrogens is 4. The fourth-order valence-corrected chi connectivity index (χ4v) is 3.72. The molecule has 1 amide bonds. The standard InChI is InChI=1S/C24H25N5O2/c1-4-11-27(2)24(31)19-15-25-28(3)23(19)21(30)13-17-10-12-29-16-20(26-22(29)14-17)18-8-6-5-7-9-18/h5-10,12,14-16H,4,11,13H2,1-3H3. The smallest absolute Gasteiger partial charge is 0.257 e. The number of amides is 1. The van der Waals surface area contributed by atoms with Crippen molar-refractivity contribution in [3.05, 3.63) is 77.9 Å². The van der Waals surface area contributed by atoms with Crippen LogP contribution in [-0.4, -0.2) is 49.3 Å². The summed E-state index contributed by atoms with van der Waals surface area (Å²) < 4.78 is 3.42. The largest absolute Gasteiger partial charge is 0.342 e. The third-order valence-corrected chi connectivity index (χ3v) is 5.30. The van der Waals surface area contributed by atoms with Gasteiger partial charge in [0.1, 0.15) is 11.3 Å². The Morgan fingerprint density at radius 2 is 1.90 bits per heavy atom. The number of pyridine rings is 1. The number of aryl methyl sites for hydroxylation is 1. The van der Waals surface area contributed by atoms with Crippen LogP contribution < -0.4 is 0 Å². The fraction of sp³-hybridized carbons (Fsp3) is 0.250. The molecular formula is C24H25N5O2. The number of benzene rings is 1. The van der Waals surface area contributed by atoms with E-state index in [-0.39, 0.29) is 18.1 Å². The summed E-state index contributed by atoms with van der Waals surface area (Å²) in [6.45, 7) is 2.63. The van der Waals surface area contributed by atoms with Crippen LogP contribution in [-0.2, 0) is 13.5 Å². The summed E-state index contributed by atoms with van der Waals surface area (Å²) in [4.78, 5) is 32.2. The maximum Gasteiger partial charge on any atom is 0.257 e. The summed E-state index contributed by atoms with van der Waals surface area (Å²) in [5.41, 5.74) is 4.20. The second-order valence-corrected chi connectivity index (χ2v) is 7.65. The van der Waals surface area contributed by atoms with Gasteiger partial charge < -0.3 is 9.30 Å². The predicted molar refractivity (Wildman–Crippen MR) is 119 cm³/mol. The molecule has 0 spiro atoms. The lowest BCUT2D eigenvalue weighted by Gasteiger charge is -2.16. The van der Waals surface area contributed by atoms with Crippen molar-refractivity contribution in [1.82, 2.24) is 24.1 Å². The molecule has 0 radical (unpaired) electrons. The number of carbonyl (C=O) groups is 2. The SMILES string of the molecule is CCCN(C)C(=O)c1cnn(C)c1C(=O)Cc1ccn2cc(-c3ccccc3)nc2c1. The number of fused-ring (bicyclic) bond motifs is 1. The Hall–Kier alpha value is -3.74. The van der Waals surface area contributed by atoms with Gasteiger partial charge in [-0.3, -0.25) is 14.3 Å². The van der Waals surface area contributed by atoms with Gasteiger partial charge in [0.2, 0.25) is 0 Å². The lowest BCUT2D eigenvalue weighted by molar-refractivity contribution is 0.0788. The fourth-order valence-electron chi connectivity index (χ4n) is 3.72. The highest BCUT2D eigenvalue weighted by Gasteiger charge is 2.24. The van der Waals surface area contributed by atoms with Crippen molar-refractivity contribution in [3.8, 4) is 11.3 Å². The summed E-state index contributed by atoms with van der Waals surface area (Å²) in [6, 6.07) is 13.8. The number of rotatable bonds is 7. The number of imidazole rings is 1. The zero-order valence-electron chi connectivity index (χ0n) is 17.9. The molecule has 31 heavy (non-hydrogen) atoms. The molecule has 4 rings (SSSR count). The first kappa shape index (κ1) is 20.5. The molecule has 158 valence electrons. The van der Waals surface area contributed by atoms with Gasteiger partial charge >= 0.3 is 0 Å². The predicted octanol–water partition coefficient (Wildman–Crippen LogP) is 3.64. The van der Waals surface area contributed by atoms with Crippen molar-refractivity contribution >= 4 is 17.3 Å². The number of Topliss-reactive ketones (excluding diaryl/α,β-unsaturated/α-hetero) is 1. The number of nitrogens with zero attached hydrogens (tertiary/aromatic N) is 5. The highest BCUT2D eigenvalue weighted by atomic mass is 16.2. The van der Waals surface area contributed by atoms with Crippen LogP contribution in [0.1, 0.15) is 39.8 Å². The molecule has 0 fully saturated rings. The Labute approximate surface area is 180 Å². The van der Waals surface area contributed by atoms with E-state index in [1.165, 1.54) is 10.9 Å². The lowest BCUT2D eigenvalue weighted by atomic mass is 10.0. The minimum Gasteiger partial charge on any atom is -0.342 e. The number of ketones is 1. The lowest BCUT2D eigenvalue weighted by Crippen LogP contribution is -2.29. The second kappa shape index (κ2) is 8.55. The van der Waals surface area contributed by atoms with Crippen LogP contribution in [0.4, 0.5) is 0 Å².